The number of hydrogen-bond acceptors (Lipinski definition) is 2. The first-order chi connectivity index (χ1) is 6.97. The van der Waals surface area contributed by atoms with Crippen molar-refractivity contribution in [3.63, 3.8) is 0 Å². The summed E-state index contributed by atoms with van der Waals surface area (Å²) < 4.78 is 26.0. The van der Waals surface area contributed by atoms with Gasteiger partial charge in [0.1, 0.15) is 0 Å². The van der Waals surface area contributed by atoms with Crippen LogP contribution < -0.4 is 4.72 Å². The monoisotopic (exact) mass is 227 g/mol. The summed E-state index contributed by atoms with van der Waals surface area (Å²) in [6, 6.07) is 5.17. The normalized spacial score (nSPS) is 11.7. The topological polar surface area (TPSA) is 46.2 Å². The van der Waals surface area contributed by atoms with Crippen LogP contribution in [-0.4, -0.2) is 15.0 Å². The molecule has 1 N–H and O–H groups in total. The largest absolute Gasteiger partial charge is 0.240 e. The van der Waals surface area contributed by atoms with Gasteiger partial charge >= 0.3 is 0 Å². The van der Waals surface area contributed by atoms with E-state index in [-0.39, 0.29) is 0 Å². The summed E-state index contributed by atoms with van der Waals surface area (Å²) in [5.41, 5.74) is 2.10. The van der Waals surface area contributed by atoms with Gasteiger partial charge in [-0.05, 0) is 43.5 Å². The van der Waals surface area contributed by atoms with Crippen LogP contribution in [-0.2, 0) is 10.0 Å². The van der Waals surface area contributed by atoms with Gasteiger partial charge < -0.3 is 0 Å². The summed E-state index contributed by atoms with van der Waals surface area (Å²) >= 11 is 0. The standard InChI is InChI=1S/C11H17NO2S/c1-4-7-12-15(13,14)11-6-5-9(2)10(3)8-11/h5-6,8,12H,4,7H2,1-3H3. The minimum absolute atomic E-state index is 0.346. The van der Waals surface area contributed by atoms with E-state index in [0.717, 1.165) is 17.5 Å². The van der Waals surface area contributed by atoms with Crippen molar-refractivity contribution in [2.75, 3.05) is 6.54 Å². The van der Waals surface area contributed by atoms with E-state index >= 15 is 0 Å². The smallest absolute Gasteiger partial charge is 0.211 e. The maximum atomic E-state index is 11.7. The molecule has 0 aromatic heterocycles. The highest BCUT2D eigenvalue weighted by molar-refractivity contribution is 7.89. The van der Waals surface area contributed by atoms with Crippen LogP contribution in [0.5, 0.6) is 0 Å². The molecule has 0 radical (unpaired) electrons. The molecular weight excluding hydrogens is 210 g/mol. The molecule has 1 aromatic carbocycles. The van der Waals surface area contributed by atoms with Crippen molar-refractivity contribution in [1.82, 2.24) is 4.72 Å². The molecule has 0 aliphatic heterocycles. The molecule has 0 atom stereocenters. The Balaban J connectivity index is 3.00. The van der Waals surface area contributed by atoms with Crippen LogP contribution in [0.25, 0.3) is 0 Å². The van der Waals surface area contributed by atoms with E-state index in [4.69, 9.17) is 0 Å². The van der Waals surface area contributed by atoms with Crippen molar-refractivity contribution < 1.29 is 8.42 Å². The van der Waals surface area contributed by atoms with Crippen LogP contribution in [0.3, 0.4) is 0 Å². The summed E-state index contributed by atoms with van der Waals surface area (Å²) in [5, 5.41) is 0. The predicted molar refractivity (Wildman–Crippen MR) is 61.4 cm³/mol. The molecule has 3 nitrogen and oxygen atoms in total. The molecule has 0 fully saturated rings. The zero-order chi connectivity index (χ0) is 11.5. The fourth-order valence-electron chi connectivity index (χ4n) is 1.20. The van der Waals surface area contributed by atoms with Crippen LogP contribution in [0.15, 0.2) is 23.1 Å². The number of hydrogen-bond donors (Lipinski definition) is 1. The SMILES string of the molecule is CCCNS(=O)(=O)c1ccc(C)c(C)c1. The van der Waals surface area contributed by atoms with Gasteiger partial charge in [0.25, 0.3) is 0 Å². The quantitative estimate of drug-likeness (QED) is 0.855. The van der Waals surface area contributed by atoms with Gasteiger partial charge in [-0.1, -0.05) is 13.0 Å². The average Bonchev–Trinajstić information content (AvgIpc) is 2.19. The minimum Gasteiger partial charge on any atom is -0.211 e. The van der Waals surface area contributed by atoms with Crippen LogP contribution in [0, 0.1) is 13.8 Å². The molecule has 1 rings (SSSR count). The lowest BCUT2D eigenvalue weighted by molar-refractivity contribution is 0.580. The average molecular weight is 227 g/mol. The Hall–Kier alpha value is -0.870. The highest BCUT2D eigenvalue weighted by Gasteiger charge is 2.12. The summed E-state index contributed by atoms with van der Waals surface area (Å²) in [6.07, 6.45) is 0.796. The maximum absolute atomic E-state index is 11.7. The summed E-state index contributed by atoms with van der Waals surface area (Å²) in [6.45, 7) is 6.29. The first-order valence-corrected chi connectivity index (χ1v) is 6.52. The van der Waals surface area contributed by atoms with Crippen molar-refractivity contribution >= 4 is 10.0 Å². The lowest BCUT2D eigenvalue weighted by Gasteiger charge is -2.07. The Morgan fingerprint density at radius 1 is 1.20 bits per heavy atom. The van der Waals surface area contributed by atoms with Gasteiger partial charge in [-0.3, -0.25) is 0 Å². The molecule has 0 heterocycles. The first kappa shape index (κ1) is 12.2. The number of aryl methyl sites for hydroxylation is 2. The zero-order valence-electron chi connectivity index (χ0n) is 9.37. The molecule has 15 heavy (non-hydrogen) atoms. The van der Waals surface area contributed by atoms with E-state index in [1.165, 1.54) is 0 Å². The van der Waals surface area contributed by atoms with Crippen molar-refractivity contribution in [2.45, 2.75) is 32.1 Å². The van der Waals surface area contributed by atoms with Crippen LogP contribution >= 0.6 is 0 Å². The molecule has 0 bridgehead atoms. The lowest BCUT2D eigenvalue weighted by atomic mass is 10.1. The Labute approximate surface area is 91.6 Å². The fourth-order valence-corrected chi connectivity index (χ4v) is 2.42. The van der Waals surface area contributed by atoms with E-state index in [2.05, 4.69) is 4.72 Å². The third-order valence-corrected chi connectivity index (χ3v) is 3.79. The van der Waals surface area contributed by atoms with Crippen LogP contribution in [0.2, 0.25) is 0 Å². The minimum atomic E-state index is -3.31. The fraction of sp³-hybridized carbons (Fsp3) is 0.455. The third-order valence-electron chi connectivity index (χ3n) is 2.33. The molecule has 0 aliphatic carbocycles. The summed E-state index contributed by atoms with van der Waals surface area (Å²) in [4.78, 5) is 0.346. The Kier molecular flexibility index (Phi) is 3.88. The van der Waals surface area contributed by atoms with E-state index in [9.17, 15) is 8.42 Å². The van der Waals surface area contributed by atoms with Crippen LogP contribution in [0.1, 0.15) is 24.5 Å². The molecule has 0 saturated heterocycles. The van der Waals surface area contributed by atoms with Gasteiger partial charge in [0.2, 0.25) is 10.0 Å². The lowest BCUT2D eigenvalue weighted by Crippen LogP contribution is -2.24. The molecular formula is C11H17NO2S. The van der Waals surface area contributed by atoms with Crippen molar-refractivity contribution in [2.24, 2.45) is 0 Å². The first-order valence-electron chi connectivity index (χ1n) is 5.04. The molecule has 0 amide bonds. The van der Waals surface area contributed by atoms with Crippen LogP contribution in [0.4, 0.5) is 0 Å². The number of rotatable bonds is 4. The van der Waals surface area contributed by atoms with Gasteiger partial charge in [0.15, 0.2) is 0 Å². The molecule has 0 saturated carbocycles. The Morgan fingerprint density at radius 3 is 2.40 bits per heavy atom. The molecule has 0 spiro atoms. The van der Waals surface area contributed by atoms with E-state index in [0.29, 0.717) is 11.4 Å². The molecule has 84 valence electrons. The van der Waals surface area contributed by atoms with Crippen molar-refractivity contribution in [3.05, 3.63) is 29.3 Å². The van der Waals surface area contributed by atoms with Gasteiger partial charge in [-0.15, -0.1) is 0 Å². The zero-order valence-corrected chi connectivity index (χ0v) is 10.2. The van der Waals surface area contributed by atoms with Gasteiger partial charge in [0.05, 0.1) is 4.90 Å². The predicted octanol–water partition coefficient (Wildman–Crippen LogP) is 1.99. The highest BCUT2D eigenvalue weighted by Crippen LogP contribution is 2.14. The Morgan fingerprint density at radius 2 is 1.87 bits per heavy atom. The molecule has 1 aromatic rings. The van der Waals surface area contributed by atoms with E-state index < -0.39 is 10.0 Å². The van der Waals surface area contributed by atoms with E-state index in [1.54, 1.807) is 12.1 Å². The molecule has 0 unspecified atom stereocenters. The summed E-state index contributed by atoms with van der Waals surface area (Å²) in [5.74, 6) is 0. The highest BCUT2D eigenvalue weighted by atomic mass is 32.2. The van der Waals surface area contributed by atoms with Crippen molar-refractivity contribution in [3.8, 4) is 0 Å². The third kappa shape index (κ3) is 3.04. The number of nitrogens with one attached hydrogen (secondary N) is 1. The molecule has 0 aliphatic rings. The number of sulfonamides is 1. The van der Waals surface area contributed by atoms with Gasteiger partial charge in [-0.25, -0.2) is 13.1 Å². The number of benzene rings is 1. The van der Waals surface area contributed by atoms with Crippen molar-refractivity contribution in [1.29, 1.82) is 0 Å². The van der Waals surface area contributed by atoms with E-state index in [1.807, 2.05) is 26.8 Å². The second-order valence-electron chi connectivity index (χ2n) is 3.64. The van der Waals surface area contributed by atoms with Gasteiger partial charge in [-0.2, -0.15) is 0 Å². The Bertz CT molecular complexity index is 438. The maximum Gasteiger partial charge on any atom is 0.240 e. The summed E-state index contributed by atoms with van der Waals surface area (Å²) in [7, 11) is -3.31. The second-order valence-corrected chi connectivity index (χ2v) is 5.41. The van der Waals surface area contributed by atoms with Gasteiger partial charge in [0, 0.05) is 6.54 Å². The molecule has 4 heteroatoms. The second kappa shape index (κ2) is 4.77.